The van der Waals surface area contributed by atoms with Gasteiger partial charge < -0.3 is 14.4 Å². The fourth-order valence-electron chi connectivity index (χ4n) is 2.45. The molecule has 1 aromatic heterocycles. The summed E-state index contributed by atoms with van der Waals surface area (Å²) in [5.41, 5.74) is 0.420. The maximum Gasteiger partial charge on any atom is 0.336 e. The van der Waals surface area contributed by atoms with Gasteiger partial charge in [-0.1, -0.05) is 6.92 Å². The van der Waals surface area contributed by atoms with Crippen LogP contribution >= 0.6 is 0 Å². The number of morpholine rings is 1. The van der Waals surface area contributed by atoms with Crippen LogP contribution in [0, 0.1) is 10.1 Å². The van der Waals surface area contributed by atoms with Gasteiger partial charge in [0, 0.05) is 13.6 Å². The normalized spacial score (nSPS) is 18.6. The van der Waals surface area contributed by atoms with Crippen molar-refractivity contribution in [2.45, 2.75) is 19.4 Å². The Morgan fingerprint density at radius 2 is 2.33 bits per heavy atom. The number of aryl methyl sites for hydroxylation is 2. The molecule has 1 saturated heterocycles. The van der Waals surface area contributed by atoms with Crippen molar-refractivity contribution < 1.29 is 19.2 Å². The quantitative estimate of drug-likeness (QED) is 0.447. The van der Waals surface area contributed by atoms with Gasteiger partial charge in [-0.05, 0) is 6.42 Å². The van der Waals surface area contributed by atoms with E-state index in [0.29, 0.717) is 31.1 Å². The summed E-state index contributed by atoms with van der Waals surface area (Å²) in [4.78, 5) is 24.2. The van der Waals surface area contributed by atoms with E-state index in [0.717, 1.165) is 0 Å². The molecule has 2 heterocycles. The van der Waals surface area contributed by atoms with Crippen molar-refractivity contribution in [1.82, 2.24) is 9.78 Å². The van der Waals surface area contributed by atoms with Gasteiger partial charge in [-0.15, -0.1) is 0 Å². The lowest BCUT2D eigenvalue weighted by Crippen LogP contribution is -2.47. The minimum Gasteiger partial charge on any atom is -0.467 e. The molecule has 1 atom stereocenters. The molecule has 0 radical (unpaired) electrons. The van der Waals surface area contributed by atoms with Crippen LogP contribution in [0.2, 0.25) is 0 Å². The number of anilines is 1. The molecule has 2 rings (SSSR count). The molecule has 0 amide bonds. The number of esters is 1. The number of nitro groups is 1. The molecule has 0 bridgehead atoms. The van der Waals surface area contributed by atoms with Crippen LogP contribution in [0.1, 0.15) is 12.6 Å². The molecule has 1 fully saturated rings. The number of carbonyl (C=O) groups excluding carboxylic acids is 1. The molecule has 9 nitrogen and oxygen atoms in total. The minimum absolute atomic E-state index is 0.00878. The fourth-order valence-corrected chi connectivity index (χ4v) is 2.45. The van der Waals surface area contributed by atoms with Crippen LogP contribution in [0.5, 0.6) is 0 Å². The van der Waals surface area contributed by atoms with Crippen molar-refractivity contribution >= 4 is 17.5 Å². The highest BCUT2D eigenvalue weighted by Gasteiger charge is 2.35. The molecule has 9 heteroatoms. The monoisotopic (exact) mass is 298 g/mol. The van der Waals surface area contributed by atoms with Gasteiger partial charge in [0.25, 0.3) is 0 Å². The molecule has 1 aliphatic rings. The Balaban J connectivity index is 2.35. The molecule has 116 valence electrons. The standard InChI is InChI=1S/C12H18N4O5/c1-4-8-10(16(18)19)11(14(2)13-8)15-5-6-21-9(7-15)12(17)20-3/h9H,4-7H2,1-3H3. The highest BCUT2D eigenvalue weighted by molar-refractivity contribution is 5.76. The van der Waals surface area contributed by atoms with Gasteiger partial charge in [-0.3, -0.25) is 10.1 Å². The number of ether oxygens (including phenoxy) is 2. The van der Waals surface area contributed by atoms with Crippen LogP contribution in [-0.2, 0) is 27.7 Å². The van der Waals surface area contributed by atoms with E-state index in [-0.39, 0.29) is 12.2 Å². The second kappa shape index (κ2) is 6.08. The molecule has 0 saturated carbocycles. The summed E-state index contributed by atoms with van der Waals surface area (Å²) in [5.74, 6) is -0.0886. The maximum absolute atomic E-state index is 11.6. The molecular formula is C12H18N4O5. The van der Waals surface area contributed by atoms with Crippen molar-refractivity contribution in [1.29, 1.82) is 0 Å². The summed E-state index contributed by atoms with van der Waals surface area (Å²) in [7, 11) is 2.94. The van der Waals surface area contributed by atoms with Gasteiger partial charge in [0.05, 0.1) is 25.2 Å². The van der Waals surface area contributed by atoms with Crippen molar-refractivity contribution in [3.05, 3.63) is 15.8 Å². The number of hydrogen-bond donors (Lipinski definition) is 0. The largest absolute Gasteiger partial charge is 0.467 e. The topological polar surface area (TPSA) is 99.7 Å². The van der Waals surface area contributed by atoms with E-state index in [9.17, 15) is 14.9 Å². The average molecular weight is 298 g/mol. The lowest BCUT2D eigenvalue weighted by molar-refractivity contribution is -0.384. The zero-order chi connectivity index (χ0) is 15.6. The summed E-state index contributed by atoms with van der Waals surface area (Å²) >= 11 is 0. The zero-order valence-corrected chi connectivity index (χ0v) is 12.2. The zero-order valence-electron chi connectivity index (χ0n) is 12.2. The lowest BCUT2D eigenvalue weighted by Gasteiger charge is -2.32. The Morgan fingerprint density at radius 1 is 1.62 bits per heavy atom. The lowest BCUT2D eigenvalue weighted by atomic mass is 10.2. The molecule has 1 aromatic rings. The van der Waals surface area contributed by atoms with E-state index in [2.05, 4.69) is 9.84 Å². The first-order valence-corrected chi connectivity index (χ1v) is 6.64. The van der Waals surface area contributed by atoms with Gasteiger partial charge in [0.1, 0.15) is 5.69 Å². The first kappa shape index (κ1) is 15.2. The van der Waals surface area contributed by atoms with Crippen molar-refractivity contribution in [3.8, 4) is 0 Å². The second-order valence-electron chi connectivity index (χ2n) is 4.68. The Bertz CT molecular complexity index is 556. The predicted octanol–water partition coefficient (Wildman–Crippen LogP) is 0.269. The summed E-state index contributed by atoms with van der Waals surface area (Å²) in [5, 5.41) is 15.5. The Hall–Kier alpha value is -2.16. The SMILES string of the molecule is CCc1nn(C)c(N2CCOC(C(=O)OC)C2)c1[N+](=O)[O-]. The number of nitrogens with zero attached hydrogens (tertiary/aromatic N) is 4. The van der Waals surface area contributed by atoms with Crippen LogP contribution in [-0.4, -0.2) is 53.6 Å². The Kier molecular flexibility index (Phi) is 4.41. The van der Waals surface area contributed by atoms with E-state index in [1.54, 1.807) is 11.9 Å². The molecule has 1 aliphatic heterocycles. The van der Waals surface area contributed by atoms with E-state index in [4.69, 9.17) is 4.74 Å². The molecule has 0 spiro atoms. The highest BCUT2D eigenvalue weighted by Crippen LogP contribution is 2.32. The minimum atomic E-state index is -0.747. The first-order valence-electron chi connectivity index (χ1n) is 6.64. The van der Waals surface area contributed by atoms with Crippen LogP contribution in [0.4, 0.5) is 11.5 Å². The van der Waals surface area contributed by atoms with E-state index in [1.807, 2.05) is 6.92 Å². The van der Waals surface area contributed by atoms with Crippen LogP contribution in [0.3, 0.4) is 0 Å². The second-order valence-corrected chi connectivity index (χ2v) is 4.68. The molecule has 21 heavy (non-hydrogen) atoms. The van der Waals surface area contributed by atoms with Gasteiger partial charge in [-0.2, -0.15) is 5.10 Å². The van der Waals surface area contributed by atoms with Crippen LogP contribution < -0.4 is 4.90 Å². The summed E-state index contributed by atoms with van der Waals surface area (Å²) in [6, 6.07) is 0. The Labute approximate surface area is 121 Å². The molecule has 1 unspecified atom stereocenters. The predicted molar refractivity (Wildman–Crippen MR) is 73.2 cm³/mol. The van der Waals surface area contributed by atoms with Gasteiger partial charge in [0.2, 0.25) is 5.82 Å². The third kappa shape index (κ3) is 2.82. The van der Waals surface area contributed by atoms with Crippen LogP contribution in [0.15, 0.2) is 0 Å². The van der Waals surface area contributed by atoms with Gasteiger partial charge in [0.15, 0.2) is 6.10 Å². The van der Waals surface area contributed by atoms with E-state index < -0.39 is 17.0 Å². The van der Waals surface area contributed by atoms with Crippen LogP contribution in [0.25, 0.3) is 0 Å². The number of carbonyl (C=O) groups is 1. The van der Waals surface area contributed by atoms with Crippen molar-refractivity contribution in [2.75, 3.05) is 31.7 Å². The number of hydrogen-bond acceptors (Lipinski definition) is 7. The molecule has 0 aromatic carbocycles. The summed E-state index contributed by atoms with van der Waals surface area (Å²) in [6.45, 7) is 2.77. The third-order valence-corrected chi connectivity index (χ3v) is 3.41. The molecule has 0 aliphatic carbocycles. The number of methoxy groups -OCH3 is 1. The molecule has 0 N–H and O–H groups in total. The molecular weight excluding hydrogens is 280 g/mol. The fraction of sp³-hybridized carbons (Fsp3) is 0.667. The summed E-state index contributed by atoms with van der Waals surface area (Å²) in [6.07, 6.45) is -0.280. The third-order valence-electron chi connectivity index (χ3n) is 3.41. The number of aromatic nitrogens is 2. The van der Waals surface area contributed by atoms with Crippen molar-refractivity contribution in [3.63, 3.8) is 0 Å². The maximum atomic E-state index is 11.6. The highest BCUT2D eigenvalue weighted by atomic mass is 16.6. The first-order chi connectivity index (χ1) is 9.99. The van der Waals surface area contributed by atoms with Gasteiger partial charge in [-0.25, -0.2) is 9.48 Å². The van der Waals surface area contributed by atoms with E-state index in [1.165, 1.54) is 11.8 Å². The van der Waals surface area contributed by atoms with E-state index >= 15 is 0 Å². The summed E-state index contributed by atoms with van der Waals surface area (Å²) < 4.78 is 11.5. The average Bonchev–Trinajstić information content (AvgIpc) is 2.83. The Morgan fingerprint density at radius 3 is 2.90 bits per heavy atom. The van der Waals surface area contributed by atoms with Crippen molar-refractivity contribution in [2.24, 2.45) is 7.05 Å². The van der Waals surface area contributed by atoms with Gasteiger partial charge >= 0.3 is 11.7 Å². The number of rotatable bonds is 4. The smallest absolute Gasteiger partial charge is 0.336 e.